The lowest BCUT2D eigenvalue weighted by Gasteiger charge is -2.05. The third-order valence-electron chi connectivity index (χ3n) is 2.57. The highest BCUT2D eigenvalue weighted by molar-refractivity contribution is 7.09. The van der Waals surface area contributed by atoms with Crippen LogP contribution in [0.25, 0.3) is 0 Å². The molecule has 0 bridgehead atoms. The molecule has 0 radical (unpaired) electrons. The number of aromatic nitrogens is 1. The summed E-state index contributed by atoms with van der Waals surface area (Å²) >= 11 is 1.66. The van der Waals surface area contributed by atoms with Gasteiger partial charge in [0.2, 0.25) is 0 Å². The molecule has 2 rings (SSSR count). The SMILES string of the molecule is CCNCc1nc(COc2ccc(OC)cc2)cs1. The van der Waals surface area contributed by atoms with Crippen LogP contribution >= 0.6 is 11.3 Å². The average molecular weight is 278 g/mol. The Kier molecular flexibility index (Phi) is 5.18. The Morgan fingerprint density at radius 1 is 1.21 bits per heavy atom. The van der Waals surface area contributed by atoms with Gasteiger partial charge in [-0.3, -0.25) is 0 Å². The molecule has 1 aromatic carbocycles. The lowest BCUT2D eigenvalue weighted by molar-refractivity contribution is 0.301. The molecule has 4 nitrogen and oxygen atoms in total. The van der Waals surface area contributed by atoms with E-state index >= 15 is 0 Å². The molecule has 0 saturated carbocycles. The maximum atomic E-state index is 5.68. The van der Waals surface area contributed by atoms with E-state index in [0.29, 0.717) is 6.61 Å². The van der Waals surface area contributed by atoms with Gasteiger partial charge in [0.15, 0.2) is 0 Å². The van der Waals surface area contributed by atoms with E-state index in [0.717, 1.165) is 35.3 Å². The molecule has 0 aliphatic rings. The highest BCUT2D eigenvalue weighted by atomic mass is 32.1. The zero-order valence-corrected chi connectivity index (χ0v) is 12.0. The summed E-state index contributed by atoms with van der Waals surface area (Å²) in [6.45, 7) is 4.36. The van der Waals surface area contributed by atoms with Crippen LogP contribution in [-0.2, 0) is 13.2 Å². The highest BCUT2D eigenvalue weighted by Crippen LogP contribution is 2.18. The molecule has 0 unspecified atom stereocenters. The van der Waals surface area contributed by atoms with Gasteiger partial charge in [-0.25, -0.2) is 4.98 Å². The first-order chi connectivity index (χ1) is 9.31. The number of benzene rings is 1. The molecular weight excluding hydrogens is 260 g/mol. The van der Waals surface area contributed by atoms with Crippen LogP contribution in [0.4, 0.5) is 0 Å². The van der Waals surface area contributed by atoms with Crippen LogP contribution in [0.2, 0.25) is 0 Å². The predicted octanol–water partition coefficient (Wildman–Crippen LogP) is 2.84. The van der Waals surface area contributed by atoms with Gasteiger partial charge in [-0.1, -0.05) is 6.92 Å². The van der Waals surface area contributed by atoms with E-state index in [2.05, 4.69) is 17.2 Å². The van der Waals surface area contributed by atoms with Crippen molar-refractivity contribution >= 4 is 11.3 Å². The average Bonchev–Trinajstić information content (AvgIpc) is 2.91. The van der Waals surface area contributed by atoms with Crippen LogP contribution in [0.15, 0.2) is 29.6 Å². The van der Waals surface area contributed by atoms with Crippen molar-refractivity contribution in [3.63, 3.8) is 0 Å². The summed E-state index contributed by atoms with van der Waals surface area (Å²) in [6.07, 6.45) is 0. The van der Waals surface area contributed by atoms with E-state index < -0.39 is 0 Å². The summed E-state index contributed by atoms with van der Waals surface area (Å²) in [6, 6.07) is 7.55. The third-order valence-corrected chi connectivity index (χ3v) is 3.47. The third kappa shape index (κ3) is 4.22. The van der Waals surface area contributed by atoms with Crippen molar-refractivity contribution < 1.29 is 9.47 Å². The summed E-state index contributed by atoms with van der Waals surface area (Å²) in [4.78, 5) is 4.50. The van der Waals surface area contributed by atoms with E-state index in [9.17, 15) is 0 Å². The predicted molar refractivity (Wildman–Crippen MR) is 76.8 cm³/mol. The fraction of sp³-hybridized carbons (Fsp3) is 0.357. The number of hydrogen-bond donors (Lipinski definition) is 1. The van der Waals surface area contributed by atoms with Crippen molar-refractivity contribution in [2.24, 2.45) is 0 Å². The Morgan fingerprint density at radius 3 is 2.63 bits per heavy atom. The fourth-order valence-electron chi connectivity index (χ4n) is 1.56. The van der Waals surface area contributed by atoms with Gasteiger partial charge in [-0.05, 0) is 30.8 Å². The van der Waals surface area contributed by atoms with Gasteiger partial charge in [0.05, 0.1) is 12.8 Å². The van der Waals surface area contributed by atoms with Crippen LogP contribution in [-0.4, -0.2) is 18.6 Å². The molecule has 1 aromatic heterocycles. The second kappa shape index (κ2) is 7.11. The molecule has 5 heteroatoms. The second-order valence-corrected chi connectivity index (χ2v) is 4.92. The Morgan fingerprint density at radius 2 is 1.95 bits per heavy atom. The smallest absolute Gasteiger partial charge is 0.131 e. The zero-order chi connectivity index (χ0) is 13.5. The normalized spacial score (nSPS) is 10.4. The summed E-state index contributed by atoms with van der Waals surface area (Å²) in [5, 5.41) is 6.39. The van der Waals surface area contributed by atoms with Crippen LogP contribution < -0.4 is 14.8 Å². The van der Waals surface area contributed by atoms with Crippen molar-refractivity contribution in [2.75, 3.05) is 13.7 Å². The first-order valence-corrected chi connectivity index (χ1v) is 7.10. The van der Waals surface area contributed by atoms with E-state index in [4.69, 9.17) is 9.47 Å². The van der Waals surface area contributed by atoms with Crippen molar-refractivity contribution in [3.05, 3.63) is 40.3 Å². The number of nitrogens with zero attached hydrogens (tertiary/aromatic N) is 1. The van der Waals surface area contributed by atoms with Crippen molar-refractivity contribution in [1.29, 1.82) is 0 Å². The summed E-state index contributed by atoms with van der Waals surface area (Å²) in [7, 11) is 1.65. The number of methoxy groups -OCH3 is 1. The number of rotatable bonds is 7. The fourth-order valence-corrected chi connectivity index (χ4v) is 2.31. The Hall–Kier alpha value is -1.59. The first kappa shape index (κ1) is 13.8. The van der Waals surface area contributed by atoms with Gasteiger partial charge in [-0.2, -0.15) is 0 Å². The molecule has 0 atom stereocenters. The van der Waals surface area contributed by atoms with Crippen LogP contribution in [0, 0.1) is 0 Å². The summed E-state index contributed by atoms with van der Waals surface area (Å²) in [5.41, 5.74) is 0.966. The lowest BCUT2D eigenvalue weighted by atomic mass is 10.3. The van der Waals surface area contributed by atoms with Crippen LogP contribution in [0.5, 0.6) is 11.5 Å². The molecule has 2 aromatic rings. The van der Waals surface area contributed by atoms with Gasteiger partial charge in [0.25, 0.3) is 0 Å². The molecule has 0 spiro atoms. The van der Waals surface area contributed by atoms with Gasteiger partial charge in [0.1, 0.15) is 23.1 Å². The standard InChI is InChI=1S/C14H18N2O2S/c1-3-15-8-14-16-11(10-19-14)9-18-13-6-4-12(17-2)5-7-13/h4-7,10,15H,3,8-9H2,1-2H3. The van der Waals surface area contributed by atoms with Crippen LogP contribution in [0.1, 0.15) is 17.6 Å². The molecule has 0 fully saturated rings. The van der Waals surface area contributed by atoms with E-state index in [1.165, 1.54) is 0 Å². The van der Waals surface area contributed by atoms with Gasteiger partial charge < -0.3 is 14.8 Å². The minimum absolute atomic E-state index is 0.495. The van der Waals surface area contributed by atoms with Gasteiger partial charge >= 0.3 is 0 Å². The quantitative estimate of drug-likeness (QED) is 0.846. The number of nitrogens with one attached hydrogen (secondary N) is 1. The Bertz CT molecular complexity index is 496. The van der Waals surface area contributed by atoms with Gasteiger partial charge in [0, 0.05) is 11.9 Å². The van der Waals surface area contributed by atoms with Crippen molar-refractivity contribution in [3.8, 4) is 11.5 Å². The van der Waals surface area contributed by atoms with E-state index in [-0.39, 0.29) is 0 Å². The topological polar surface area (TPSA) is 43.4 Å². The number of thiazole rings is 1. The summed E-state index contributed by atoms with van der Waals surface area (Å²) in [5.74, 6) is 1.65. The second-order valence-electron chi connectivity index (χ2n) is 3.98. The van der Waals surface area contributed by atoms with E-state index in [1.807, 2.05) is 29.6 Å². The maximum Gasteiger partial charge on any atom is 0.131 e. The number of ether oxygens (including phenoxy) is 2. The molecule has 0 aliphatic heterocycles. The van der Waals surface area contributed by atoms with Crippen molar-refractivity contribution in [2.45, 2.75) is 20.1 Å². The Balaban J connectivity index is 1.85. The number of hydrogen-bond acceptors (Lipinski definition) is 5. The lowest BCUT2D eigenvalue weighted by Crippen LogP contribution is -2.11. The minimum atomic E-state index is 0.495. The highest BCUT2D eigenvalue weighted by Gasteiger charge is 2.02. The Labute approximate surface area is 117 Å². The van der Waals surface area contributed by atoms with Gasteiger partial charge in [-0.15, -0.1) is 11.3 Å². The minimum Gasteiger partial charge on any atom is -0.497 e. The molecule has 1 heterocycles. The maximum absolute atomic E-state index is 5.68. The molecule has 0 amide bonds. The monoisotopic (exact) mass is 278 g/mol. The molecule has 0 saturated heterocycles. The zero-order valence-electron chi connectivity index (χ0n) is 11.2. The van der Waals surface area contributed by atoms with Crippen LogP contribution in [0.3, 0.4) is 0 Å². The molecule has 19 heavy (non-hydrogen) atoms. The largest absolute Gasteiger partial charge is 0.497 e. The summed E-state index contributed by atoms with van der Waals surface area (Å²) < 4.78 is 10.8. The molecule has 1 N–H and O–H groups in total. The van der Waals surface area contributed by atoms with E-state index in [1.54, 1.807) is 18.4 Å². The molecule has 0 aliphatic carbocycles. The first-order valence-electron chi connectivity index (χ1n) is 6.22. The molecule has 102 valence electrons. The van der Waals surface area contributed by atoms with Crippen molar-refractivity contribution in [1.82, 2.24) is 10.3 Å². The molecular formula is C14H18N2O2S.